The van der Waals surface area contributed by atoms with E-state index in [0.29, 0.717) is 12.3 Å². The van der Waals surface area contributed by atoms with Crippen LogP contribution < -0.4 is 5.73 Å². The van der Waals surface area contributed by atoms with Gasteiger partial charge in [-0.15, -0.1) is 0 Å². The molecule has 2 aliphatic carbocycles. The van der Waals surface area contributed by atoms with Crippen LogP contribution in [-0.4, -0.2) is 12.0 Å². The van der Waals surface area contributed by atoms with Crippen molar-refractivity contribution in [3.8, 4) is 0 Å². The summed E-state index contributed by atoms with van der Waals surface area (Å²) in [6.07, 6.45) is 7.52. The first-order chi connectivity index (χ1) is 8.46. The Hall–Kier alpha value is -0.180. The zero-order valence-electron chi connectivity index (χ0n) is 11.5. The van der Waals surface area contributed by atoms with E-state index in [1.807, 2.05) is 0 Å². The Morgan fingerprint density at radius 1 is 1.17 bits per heavy atom. The van der Waals surface area contributed by atoms with Crippen LogP contribution >= 0.6 is 0 Å². The van der Waals surface area contributed by atoms with Crippen molar-refractivity contribution in [2.45, 2.75) is 76.7 Å². The topological polar surface area (TPSA) is 26.0 Å². The van der Waals surface area contributed by atoms with Gasteiger partial charge >= 0.3 is 0 Å². The Labute approximate surface area is 110 Å². The lowest BCUT2D eigenvalue weighted by Gasteiger charge is -2.35. The van der Waals surface area contributed by atoms with Crippen molar-refractivity contribution in [3.63, 3.8) is 0 Å². The predicted octanol–water partition coefficient (Wildman–Crippen LogP) is 4.36. The second-order valence-electron chi connectivity index (χ2n) is 6.74. The predicted molar refractivity (Wildman–Crippen MR) is 70.6 cm³/mol. The number of nitrogens with two attached hydrogens (primary N) is 1. The van der Waals surface area contributed by atoms with Crippen molar-refractivity contribution in [1.82, 2.24) is 0 Å². The molecule has 0 aromatic carbocycles. The van der Waals surface area contributed by atoms with Gasteiger partial charge in [-0.2, -0.15) is 0 Å². The van der Waals surface area contributed by atoms with E-state index >= 15 is 0 Å². The highest BCUT2D eigenvalue weighted by atomic mass is 19.3. The van der Waals surface area contributed by atoms with Gasteiger partial charge in [0.05, 0.1) is 0 Å². The van der Waals surface area contributed by atoms with E-state index in [0.717, 1.165) is 18.8 Å². The number of alkyl halides is 2. The number of rotatable bonds is 3. The van der Waals surface area contributed by atoms with Crippen molar-refractivity contribution in [2.24, 2.45) is 23.5 Å². The molecule has 0 heterocycles. The monoisotopic (exact) mass is 259 g/mol. The van der Waals surface area contributed by atoms with Gasteiger partial charge in [0.2, 0.25) is 5.92 Å². The largest absolute Gasteiger partial charge is 0.327 e. The Kier molecular flexibility index (Phi) is 4.63. The lowest BCUT2D eigenvalue weighted by molar-refractivity contribution is -0.0552. The van der Waals surface area contributed by atoms with Crippen LogP contribution in [0, 0.1) is 17.8 Å². The summed E-state index contributed by atoms with van der Waals surface area (Å²) in [5, 5.41) is 0. The third-order valence-corrected chi connectivity index (χ3v) is 5.01. The van der Waals surface area contributed by atoms with Gasteiger partial charge in [0.15, 0.2) is 0 Å². The third-order valence-electron chi connectivity index (χ3n) is 5.01. The van der Waals surface area contributed by atoms with Gasteiger partial charge in [0.1, 0.15) is 0 Å². The normalized spacial score (nSPS) is 38.3. The molecular formula is C15H27F2N. The highest BCUT2D eigenvalue weighted by molar-refractivity contribution is 4.85. The highest BCUT2D eigenvalue weighted by Crippen LogP contribution is 2.40. The van der Waals surface area contributed by atoms with Gasteiger partial charge in [0, 0.05) is 18.9 Å². The van der Waals surface area contributed by atoms with Gasteiger partial charge in [-0.25, -0.2) is 8.78 Å². The fourth-order valence-corrected chi connectivity index (χ4v) is 3.77. The molecule has 0 radical (unpaired) electrons. The molecule has 0 amide bonds. The first-order valence-corrected chi connectivity index (χ1v) is 7.60. The maximum Gasteiger partial charge on any atom is 0.248 e. The number of hydrogen-bond acceptors (Lipinski definition) is 1. The fourth-order valence-electron chi connectivity index (χ4n) is 3.77. The fraction of sp³-hybridized carbons (Fsp3) is 1.00. The molecule has 0 saturated heterocycles. The van der Waals surface area contributed by atoms with Crippen LogP contribution in [0.4, 0.5) is 8.78 Å². The van der Waals surface area contributed by atoms with Gasteiger partial charge in [-0.3, -0.25) is 0 Å². The van der Waals surface area contributed by atoms with E-state index in [9.17, 15) is 8.78 Å². The SMILES string of the molecule is CC1CCC(C(N)CC2CCCC(F)(F)C2)CC1. The van der Waals surface area contributed by atoms with E-state index in [1.54, 1.807) is 0 Å². The Morgan fingerprint density at radius 3 is 2.44 bits per heavy atom. The summed E-state index contributed by atoms with van der Waals surface area (Å²) >= 11 is 0. The molecule has 0 spiro atoms. The van der Waals surface area contributed by atoms with Crippen LogP contribution in [0.5, 0.6) is 0 Å². The Morgan fingerprint density at radius 2 is 1.83 bits per heavy atom. The van der Waals surface area contributed by atoms with Crippen molar-refractivity contribution in [3.05, 3.63) is 0 Å². The molecule has 106 valence electrons. The zero-order valence-corrected chi connectivity index (χ0v) is 11.5. The molecule has 2 unspecified atom stereocenters. The second-order valence-corrected chi connectivity index (χ2v) is 6.74. The molecule has 2 fully saturated rings. The molecule has 2 saturated carbocycles. The minimum Gasteiger partial charge on any atom is -0.327 e. The molecule has 2 N–H and O–H groups in total. The molecule has 2 aliphatic rings. The molecule has 2 atom stereocenters. The molecule has 0 aromatic rings. The quantitative estimate of drug-likeness (QED) is 0.801. The van der Waals surface area contributed by atoms with Crippen LogP contribution in [0.3, 0.4) is 0 Å². The van der Waals surface area contributed by atoms with Crippen molar-refractivity contribution < 1.29 is 8.78 Å². The summed E-state index contributed by atoms with van der Waals surface area (Å²) in [5.74, 6) is -0.865. The summed E-state index contributed by atoms with van der Waals surface area (Å²) in [4.78, 5) is 0. The summed E-state index contributed by atoms with van der Waals surface area (Å²) in [6, 6.07) is 0.149. The molecule has 0 bridgehead atoms. The highest BCUT2D eigenvalue weighted by Gasteiger charge is 2.37. The molecular weight excluding hydrogens is 232 g/mol. The lowest BCUT2D eigenvalue weighted by atomic mass is 9.75. The zero-order chi connectivity index (χ0) is 13.2. The average molecular weight is 259 g/mol. The standard InChI is InChI=1S/C15H27F2N/c1-11-4-6-13(7-5-11)14(18)9-12-3-2-8-15(16,17)10-12/h11-14H,2-10,18H2,1H3. The summed E-state index contributed by atoms with van der Waals surface area (Å²) in [5.41, 5.74) is 6.27. The van der Waals surface area contributed by atoms with Crippen molar-refractivity contribution in [2.75, 3.05) is 0 Å². The van der Waals surface area contributed by atoms with E-state index in [-0.39, 0.29) is 24.8 Å². The van der Waals surface area contributed by atoms with Crippen LogP contribution in [-0.2, 0) is 0 Å². The van der Waals surface area contributed by atoms with Crippen LogP contribution in [0.2, 0.25) is 0 Å². The van der Waals surface area contributed by atoms with E-state index < -0.39 is 5.92 Å². The van der Waals surface area contributed by atoms with Crippen molar-refractivity contribution in [1.29, 1.82) is 0 Å². The third kappa shape index (κ3) is 3.91. The summed E-state index contributed by atoms with van der Waals surface area (Å²) in [7, 11) is 0. The van der Waals surface area contributed by atoms with Crippen LogP contribution in [0.25, 0.3) is 0 Å². The molecule has 2 rings (SSSR count). The minimum absolute atomic E-state index is 0.0732. The van der Waals surface area contributed by atoms with Crippen LogP contribution in [0.1, 0.15) is 64.7 Å². The second kappa shape index (κ2) is 5.85. The van der Waals surface area contributed by atoms with Crippen molar-refractivity contribution >= 4 is 0 Å². The van der Waals surface area contributed by atoms with Gasteiger partial charge in [0.25, 0.3) is 0 Å². The van der Waals surface area contributed by atoms with Gasteiger partial charge < -0.3 is 5.73 Å². The minimum atomic E-state index is -2.43. The molecule has 0 aromatic heterocycles. The van der Waals surface area contributed by atoms with Gasteiger partial charge in [-0.05, 0) is 49.9 Å². The first kappa shape index (κ1) is 14.2. The first-order valence-electron chi connectivity index (χ1n) is 7.60. The Bertz CT molecular complexity index is 259. The lowest BCUT2D eigenvalue weighted by Crippen LogP contribution is -2.37. The maximum absolute atomic E-state index is 13.4. The number of hydrogen-bond donors (Lipinski definition) is 1. The van der Waals surface area contributed by atoms with E-state index in [1.165, 1.54) is 25.7 Å². The van der Waals surface area contributed by atoms with Crippen LogP contribution in [0.15, 0.2) is 0 Å². The molecule has 0 aliphatic heterocycles. The van der Waals surface area contributed by atoms with E-state index in [2.05, 4.69) is 6.92 Å². The molecule has 18 heavy (non-hydrogen) atoms. The maximum atomic E-state index is 13.4. The number of halogens is 2. The summed E-state index contributed by atoms with van der Waals surface area (Å²) in [6.45, 7) is 2.30. The Balaban J connectivity index is 1.78. The smallest absolute Gasteiger partial charge is 0.248 e. The molecule has 1 nitrogen and oxygen atoms in total. The average Bonchev–Trinajstić information content (AvgIpc) is 2.28. The summed E-state index contributed by atoms with van der Waals surface area (Å²) < 4.78 is 26.7. The van der Waals surface area contributed by atoms with Gasteiger partial charge in [-0.1, -0.05) is 19.8 Å². The molecule has 3 heteroatoms. The van der Waals surface area contributed by atoms with E-state index in [4.69, 9.17) is 5.73 Å².